The zero-order valence-corrected chi connectivity index (χ0v) is 18.3. The molecule has 2 aromatic rings. The fourth-order valence-corrected chi connectivity index (χ4v) is 3.82. The second kappa shape index (κ2) is 8.46. The minimum absolute atomic E-state index is 0.0529. The van der Waals surface area contributed by atoms with E-state index in [-0.39, 0.29) is 21.3 Å². The van der Waals surface area contributed by atoms with Gasteiger partial charge in [-0.1, -0.05) is 23.2 Å². The van der Waals surface area contributed by atoms with E-state index in [0.29, 0.717) is 6.08 Å². The molecule has 1 N–H and O–H groups in total. The molecule has 1 aliphatic heterocycles. The number of ether oxygens (including phenoxy) is 1. The van der Waals surface area contributed by atoms with Gasteiger partial charge in [-0.15, -0.1) is 0 Å². The third-order valence-corrected chi connectivity index (χ3v) is 5.74. The Labute approximate surface area is 192 Å². The molecule has 0 amide bonds. The van der Waals surface area contributed by atoms with E-state index in [2.05, 4.69) is 9.66 Å². The lowest BCUT2D eigenvalue weighted by Crippen LogP contribution is -2.42. The largest absolute Gasteiger partial charge is 0.534 e. The number of hydrogen-bond acceptors (Lipinski definition) is 6. The fourth-order valence-electron chi connectivity index (χ4n) is 2.82. The van der Waals surface area contributed by atoms with Gasteiger partial charge in [0.25, 0.3) is 0 Å². The van der Waals surface area contributed by atoms with Crippen LogP contribution in [0.25, 0.3) is 5.70 Å². The van der Waals surface area contributed by atoms with Crippen molar-refractivity contribution in [2.45, 2.75) is 17.3 Å². The molecule has 1 atom stereocenters. The van der Waals surface area contributed by atoms with Crippen molar-refractivity contribution < 1.29 is 48.5 Å². The normalized spacial score (nSPS) is 19.1. The van der Waals surface area contributed by atoms with Gasteiger partial charge >= 0.3 is 21.8 Å². The number of hydroxylamine groups is 1. The molecule has 0 aromatic heterocycles. The maximum Gasteiger partial charge on any atom is 0.534 e. The zero-order chi connectivity index (χ0) is 24.8. The van der Waals surface area contributed by atoms with E-state index in [4.69, 9.17) is 32.8 Å². The van der Waals surface area contributed by atoms with Gasteiger partial charge in [-0.2, -0.15) is 34.8 Å². The summed E-state index contributed by atoms with van der Waals surface area (Å²) in [4.78, 5) is 4.90. The molecule has 0 saturated heterocycles. The van der Waals surface area contributed by atoms with Crippen LogP contribution in [0.4, 0.5) is 26.3 Å². The average molecular weight is 538 g/mol. The summed E-state index contributed by atoms with van der Waals surface area (Å²) in [6, 6.07) is 5.97. The van der Waals surface area contributed by atoms with Crippen LogP contribution in [-0.4, -0.2) is 27.2 Å². The van der Waals surface area contributed by atoms with Crippen LogP contribution in [0.5, 0.6) is 11.5 Å². The van der Waals surface area contributed by atoms with Gasteiger partial charge in [-0.3, -0.25) is 10.3 Å². The predicted octanol–water partition coefficient (Wildman–Crippen LogP) is 5.56. The Morgan fingerprint density at radius 2 is 1.58 bits per heavy atom. The topological polar surface area (TPSA) is 73.9 Å². The highest BCUT2D eigenvalue weighted by molar-refractivity contribution is 7.88. The molecule has 15 heteroatoms. The van der Waals surface area contributed by atoms with E-state index in [1.165, 1.54) is 6.07 Å². The summed E-state index contributed by atoms with van der Waals surface area (Å²) in [6.07, 6.45) is -4.33. The third kappa shape index (κ3) is 4.81. The number of halogens is 8. The summed E-state index contributed by atoms with van der Waals surface area (Å²) in [7, 11) is -5.01. The highest BCUT2D eigenvalue weighted by Crippen LogP contribution is 2.48. The van der Waals surface area contributed by atoms with E-state index in [9.17, 15) is 34.8 Å². The van der Waals surface area contributed by atoms with Crippen molar-refractivity contribution in [1.82, 2.24) is 5.48 Å². The van der Waals surface area contributed by atoms with Crippen molar-refractivity contribution in [2.75, 3.05) is 7.11 Å². The van der Waals surface area contributed by atoms with E-state index >= 15 is 0 Å². The molecule has 0 saturated carbocycles. The summed E-state index contributed by atoms with van der Waals surface area (Å²) in [5.74, 6) is -1.33. The number of nitrogens with one attached hydrogen (secondary N) is 1. The first-order chi connectivity index (χ1) is 15.1. The van der Waals surface area contributed by atoms with Crippen molar-refractivity contribution in [2.24, 2.45) is 0 Å². The van der Waals surface area contributed by atoms with Crippen LogP contribution in [0.15, 0.2) is 42.5 Å². The van der Waals surface area contributed by atoms with Crippen LogP contribution in [0.1, 0.15) is 11.1 Å². The van der Waals surface area contributed by atoms with Crippen molar-refractivity contribution in [3.8, 4) is 11.5 Å². The first kappa shape index (κ1) is 25.3. The highest BCUT2D eigenvalue weighted by atomic mass is 35.5. The lowest BCUT2D eigenvalue weighted by Gasteiger charge is -2.28. The monoisotopic (exact) mass is 537 g/mol. The standard InChI is InChI=1S/C18H11Cl2F6NO5S/c1-30-15-4-9(2-3-14(15)31-33(28,29)18(24,25)26)13-8-16(32-27-13,17(21,22)23)10-5-11(19)7-12(20)6-10/h2-8,27H,1H3. The first-order valence-electron chi connectivity index (χ1n) is 8.49. The Morgan fingerprint density at radius 3 is 2.09 bits per heavy atom. The molecule has 0 bridgehead atoms. The minimum atomic E-state index is -6.01. The molecule has 1 unspecified atom stereocenters. The summed E-state index contributed by atoms with van der Waals surface area (Å²) in [6.45, 7) is 0. The Morgan fingerprint density at radius 1 is 0.970 bits per heavy atom. The molecule has 2 aromatic carbocycles. The molecule has 0 spiro atoms. The molecule has 180 valence electrons. The lowest BCUT2D eigenvalue weighted by atomic mass is 9.91. The molecule has 3 rings (SSSR count). The van der Waals surface area contributed by atoms with Crippen LogP contribution in [-0.2, 0) is 20.6 Å². The van der Waals surface area contributed by atoms with Gasteiger partial charge < -0.3 is 8.92 Å². The van der Waals surface area contributed by atoms with Crippen molar-refractivity contribution in [1.29, 1.82) is 0 Å². The second-order valence-corrected chi connectivity index (χ2v) is 8.91. The van der Waals surface area contributed by atoms with Gasteiger partial charge in [-0.25, -0.2) is 0 Å². The molecule has 0 fully saturated rings. The number of benzene rings is 2. The Hall–Kier alpha value is -2.35. The summed E-state index contributed by atoms with van der Waals surface area (Å²) in [5, 5.41) is -0.166. The number of methoxy groups -OCH3 is 1. The summed E-state index contributed by atoms with van der Waals surface area (Å²) >= 11 is 11.7. The van der Waals surface area contributed by atoms with E-state index in [0.717, 1.165) is 37.4 Å². The Balaban J connectivity index is 2.06. The summed E-state index contributed by atoms with van der Waals surface area (Å²) in [5.41, 5.74) is -7.36. The van der Waals surface area contributed by atoms with Crippen LogP contribution < -0.4 is 14.4 Å². The van der Waals surface area contributed by atoms with Crippen molar-refractivity contribution in [3.05, 3.63) is 63.6 Å². The van der Waals surface area contributed by atoms with Crippen molar-refractivity contribution in [3.63, 3.8) is 0 Å². The molecule has 33 heavy (non-hydrogen) atoms. The lowest BCUT2D eigenvalue weighted by molar-refractivity contribution is -0.269. The number of hydrogen-bond donors (Lipinski definition) is 1. The molecule has 1 aliphatic rings. The Kier molecular flexibility index (Phi) is 6.48. The quantitative estimate of drug-likeness (QED) is 0.305. The molecular formula is C18H11Cl2F6NO5S. The van der Waals surface area contributed by atoms with Crippen LogP contribution in [0.3, 0.4) is 0 Å². The van der Waals surface area contributed by atoms with Crippen LogP contribution in [0, 0.1) is 0 Å². The first-order valence-corrected chi connectivity index (χ1v) is 10.7. The van der Waals surface area contributed by atoms with Crippen LogP contribution in [0.2, 0.25) is 10.0 Å². The Bertz CT molecular complexity index is 1200. The third-order valence-electron chi connectivity index (χ3n) is 4.34. The highest BCUT2D eigenvalue weighted by Gasteiger charge is 2.59. The summed E-state index contributed by atoms with van der Waals surface area (Å²) < 4.78 is 111. The molecule has 1 heterocycles. The molecule has 0 radical (unpaired) electrons. The second-order valence-electron chi connectivity index (χ2n) is 6.50. The van der Waals surface area contributed by atoms with E-state index in [1.807, 2.05) is 0 Å². The average Bonchev–Trinajstić information content (AvgIpc) is 3.13. The number of alkyl halides is 6. The maximum absolute atomic E-state index is 14.0. The van der Waals surface area contributed by atoms with Gasteiger partial charge in [0.05, 0.1) is 12.8 Å². The SMILES string of the molecule is COc1cc(C2=CC(c3cc(Cl)cc(Cl)c3)(C(F)(F)F)ON2)ccc1OS(=O)(=O)C(F)(F)F. The van der Waals surface area contributed by atoms with Crippen LogP contribution >= 0.6 is 23.2 Å². The minimum Gasteiger partial charge on any atom is -0.493 e. The predicted molar refractivity (Wildman–Crippen MR) is 105 cm³/mol. The van der Waals surface area contributed by atoms with Gasteiger partial charge in [0.1, 0.15) is 0 Å². The fraction of sp³-hybridized carbons (Fsp3) is 0.222. The number of rotatable bonds is 5. The molecule has 0 aliphatic carbocycles. The smallest absolute Gasteiger partial charge is 0.493 e. The van der Waals surface area contributed by atoms with Gasteiger partial charge in [-0.05, 0) is 42.5 Å². The zero-order valence-electron chi connectivity index (χ0n) is 16.0. The van der Waals surface area contributed by atoms with Gasteiger partial charge in [0.15, 0.2) is 11.5 Å². The van der Waals surface area contributed by atoms with Gasteiger partial charge in [0.2, 0.25) is 5.60 Å². The molecule has 6 nitrogen and oxygen atoms in total. The van der Waals surface area contributed by atoms with E-state index in [1.54, 1.807) is 0 Å². The maximum atomic E-state index is 14.0. The molecular weight excluding hydrogens is 527 g/mol. The van der Waals surface area contributed by atoms with E-state index < -0.39 is 44.5 Å². The van der Waals surface area contributed by atoms with Gasteiger partial charge in [0, 0.05) is 21.2 Å². The van der Waals surface area contributed by atoms with Crippen molar-refractivity contribution >= 4 is 39.0 Å².